The summed E-state index contributed by atoms with van der Waals surface area (Å²) in [5.74, 6) is -0.329. The Kier molecular flexibility index (Phi) is 4.04. The third-order valence-electron chi connectivity index (χ3n) is 4.00. The summed E-state index contributed by atoms with van der Waals surface area (Å²) in [5.41, 5.74) is 0.189. The Balaban J connectivity index is 1.94. The zero-order chi connectivity index (χ0) is 16.6. The molecule has 2 aromatic rings. The summed E-state index contributed by atoms with van der Waals surface area (Å²) in [5, 5.41) is 3.60. The standard InChI is InChI=1S/C17H14Cl2N2O2/c1-17(11-6-3-2-4-7-11)15(22)21(16(23)20-17)10-12-13(18)8-5-9-14(12)19/h2-9H,10H2,1H3,(H,20,23)/t17-/m0/s1. The van der Waals surface area contributed by atoms with Crippen LogP contribution in [0.25, 0.3) is 0 Å². The van der Waals surface area contributed by atoms with Crippen molar-refractivity contribution in [2.75, 3.05) is 0 Å². The van der Waals surface area contributed by atoms with Crippen molar-refractivity contribution in [2.24, 2.45) is 0 Å². The van der Waals surface area contributed by atoms with Crippen molar-refractivity contribution in [3.63, 3.8) is 0 Å². The van der Waals surface area contributed by atoms with Crippen LogP contribution in [0.2, 0.25) is 10.0 Å². The van der Waals surface area contributed by atoms with E-state index in [9.17, 15) is 9.59 Å². The largest absolute Gasteiger partial charge is 0.325 e. The van der Waals surface area contributed by atoms with E-state index in [4.69, 9.17) is 23.2 Å². The Morgan fingerprint density at radius 1 is 1.00 bits per heavy atom. The highest BCUT2D eigenvalue weighted by atomic mass is 35.5. The normalized spacial score (nSPS) is 20.7. The lowest BCUT2D eigenvalue weighted by Crippen LogP contribution is -2.40. The van der Waals surface area contributed by atoms with Gasteiger partial charge in [-0.15, -0.1) is 0 Å². The van der Waals surface area contributed by atoms with E-state index in [2.05, 4.69) is 5.32 Å². The number of hydrogen-bond acceptors (Lipinski definition) is 2. The number of amides is 3. The fourth-order valence-electron chi connectivity index (χ4n) is 2.65. The second-order valence-corrected chi connectivity index (χ2v) is 6.33. The van der Waals surface area contributed by atoms with Crippen LogP contribution in [-0.2, 0) is 16.9 Å². The van der Waals surface area contributed by atoms with Crippen LogP contribution in [0.5, 0.6) is 0 Å². The predicted octanol–water partition coefficient (Wildman–Crippen LogP) is 3.96. The van der Waals surface area contributed by atoms with Crippen molar-refractivity contribution in [2.45, 2.75) is 19.0 Å². The smallest absolute Gasteiger partial charge is 0.319 e. The first-order valence-corrected chi connectivity index (χ1v) is 7.81. The van der Waals surface area contributed by atoms with Crippen molar-refractivity contribution in [3.05, 3.63) is 69.7 Å². The van der Waals surface area contributed by atoms with E-state index in [1.165, 1.54) is 0 Å². The first kappa shape index (κ1) is 15.8. The molecule has 3 rings (SSSR count). The highest BCUT2D eigenvalue weighted by Gasteiger charge is 2.49. The van der Waals surface area contributed by atoms with Gasteiger partial charge in [0.25, 0.3) is 5.91 Å². The van der Waals surface area contributed by atoms with Crippen molar-refractivity contribution < 1.29 is 9.59 Å². The number of imide groups is 1. The average Bonchev–Trinajstić information content (AvgIpc) is 2.75. The molecule has 4 nitrogen and oxygen atoms in total. The number of hydrogen-bond donors (Lipinski definition) is 1. The summed E-state index contributed by atoms with van der Waals surface area (Å²) < 4.78 is 0. The predicted molar refractivity (Wildman–Crippen MR) is 89.3 cm³/mol. The molecule has 1 aliphatic heterocycles. The molecule has 0 aliphatic carbocycles. The molecule has 1 aliphatic rings. The summed E-state index contributed by atoms with van der Waals surface area (Å²) in [4.78, 5) is 26.3. The quantitative estimate of drug-likeness (QED) is 0.853. The van der Waals surface area contributed by atoms with Crippen molar-refractivity contribution in [1.82, 2.24) is 10.2 Å². The lowest BCUT2D eigenvalue weighted by atomic mass is 9.92. The number of carbonyl (C=O) groups is 2. The van der Waals surface area contributed by atoms with Gasteiger partial charge < -0.3 is 5.32 Å². The minimum absolute atomic E-state index is 0.0333. The Morgan fingerprint density at radius 2 is 1.61 bits per heavy atom. The van der Waals surface area contributed by atoms with E-state index >= 15 is 0 Å². The molecular weight excluding hydrogens is 335 g/mol. The third kappa shape index (κ3) is 2.69. The third-order valence-corrected chi connectivity index (χ3v) is 4.71. The molecule has 2 aromatic carbocycles. The lowest BCUT2D eigenvalue weighted by Gasteiger charge is -2.22. The monoisotopic (exact) mass is 348 g/mol. The van der Waals surface area contributed by atoms with Gasteiger partial charge in [-0.05, 0) is 24.6 Å². The fraction of sp³-hybridized carbons (Fsp3) is 0.176. The Labute approximate surface area is 144 Å². The van der Waals surface area contributed by atoms with E-state index in [1.54, 1.807) is 25.1 Å². The first-order chi connectivity index (χ1) is 10.9. The number of nitrogens with zero attached hydrogens (tertiary/aromatic N) is 1. The number of carbonyl (C=O) groups excluding carboxylic acids is 2. The number of benzene rings is 2. The fourth-order valence-corrected chi connectivity index (χ4v) is 3.17. The van der Waals surface area contributed by atoms with Gasteiger partial charge in [-0.1, -0.05) is 59.6 Å². The van der Waals surface area contributed by atoms with Crippen LogP contribution in [-0.4, -0.2) is 16.8 Å². The van der Waals surface area contributed by atoms with E-state index in [-0.39, 0.29) is 12.5 Å². The molecule has 0 saturated carbocycles. The lowest BCUT2D eigenvalue weighted by molar-refractivity contribution is -0.131. The van der Waals surface area contributed by atoms with Gasteiger partial charge in [0.2, 0.25) is 0 Å². The van der Waals surface area contributed by atoms with Gasteiger partial charge in [0.15, 0.2) is 0 Å². The molecule has 118 valence electrons. The number of halogens is 2. The molecule has 1 saturated heterocycles. The average molecular weight is 349 g/mol. The van der Waals surface area contributed by atoms with Crippen LogP contribution in [0.4, 0.5) is 4.79 Å². The number of urea groups is 1. The van der Waals surface area contributed by atoms with Gasteiger partial charge in [0, 0.05) is 15.6 Å². The van der Waals surface area contributed by atoms with Gasteiger partial charge in [0.05, 0.1) is 6.54 Å². The summed E-state index contributed by atoms with van der Waals surface area (Å²) in [6.45, 7) is 1.72. The second-order valence-electron chi connectivity index (χ2n) is 5.51. The van der Waals surface area contributed by atoms with Crippen molar-refractivity contribution in [3.8, 4) is 0 Å². The second kappa shape index (κ2) is 5.87. The van der Waals surface area contributed by atoms with Gasteiger partial charge >= 0.3 is 6.03 Å². The Bertz CT molecular complexity index is 759. The molecule has 1 fully saturated rings. The molecular formula is C17H14Cl2N2O2. The molecule has 1 heterocycles. The summed E-state index contributed by atoms with van der Waals surface area (Å²) in [6, 6.07) is 13.7. The molecule has 0 aromatic heterocycles. The van der Waals surface area contributed by atoms with E-state index in [0.29, 0.717) is 15.6 Å². The van der Waals surface area contributed by atoms with Crippen LogP contribution in [0.3, 0.4) is 0 Å². The topological polar surface area (TPSA) is 49.4 Å². The highest BCUT2D eigenvalue weighted by Crippen LogP contribution is 2.32. The van der Waals surface area contributed by atoms with Crippen LogP contribution in [0.15, 0.2) is 48.5 Å². The maximum Gasteiger partial charge on any atom is 0.325 e. The number of nitrogens with one attached hydrogen (secondary N) is 1. The van der Waals surface area contributed by atoms with Gasteiger partial charge in [-0.2, -0.15) is 0 Å². The van der Waals surface area contributed by atoms with E-state index in [1.807, 2.05) is 30.3 Å². The van der Waals surface area contributed by atoms with Gasteiger partial charge in [0.1, 0.15) is 5.54 Å². The summed E-state index contributed by atoms with van der Waals surface area (Å²) >= 11 is 12.3. The maximum atomic E-state index is 12.8. The van der Waals surface area contributed by atoms with Gasteiger partial charge in [-0.25, -0.2) is 4.79 Å². The minimum atomic E-state index is -1.09. The molecule has 1 atom stereocenters. The number of rotatable bonds is 3. The zero-order valence-electron chi connectivity index (χ0n) is 12.3. The van der Waals surface area contributed by atoms with E-state index in [0.717, 1.165) is 10.5 Å². The SMILES string of the molecule is C[C@@]1(c2ccccc2)NC(=O)N(Cc2c(Cl)cccc2Cl)C1=O. The Hall–Kier alpha value is -2.04. The molecule has 0 bridgehead atoms. The molecule has 23 heavy (non-hydrogen) atoms. The minimum Gasteiger partial charge on any atom is -0.319 e. The van der Waals surface area contributed by atoms with E-state index < -0.39 is 11.6 Å². The van der Waals surface area contributed by atoms with Crippen LogP contribution in [0.1, 0.15) is 18.1 Å². The molecule has 0 spiro atoms. The van der Waals surface area contributed by atoms with Crippen molar-refractivity contribution >= 4 is 35.1 Å². The highest BCUT2D eigenvalue weighted by molar-refractivity contribution is 6.36. The first-order valence-electron chi connectivity index (χ1n) is 7.06. The zero-order valence-corrected chi connectivity index (χ0v) is 13.9. The summed E-state index contributed by atoms with van der Waals surface area (Å²) in [6.07, 6.45) is 0. The molecule has 0 radical (unpaired) electrons. The molecule has 0 unspecified atom stereocenters. The maximum absolute atomic E-state index is 12.8. The Morgan fingerprint density at radius 3 is 2.22 bits per heavy atom. The molecule has 1 N–H and O–H groups in total. The van der Waals surface area contributed by atoms with Crippen LogP contribution >= 0.6 is 23.2 Å². The molecule has 3 amide bonds. The molecule has 6 heteroatoms. The van der Waals surface area contributed by atoms with Crippen LogP contribution in [0, 0.1) is 0 Å². The van der Waals surface area contributed by atoms with Gasteiger partial charge in [-0.3, -0.25) is 9.69 Å². The summed E-state index contributed by atoms with van der Waals surface area (Å²) in [7, 11) is 0. The van der Waals surface area contributed by atoms with Crippen LogP contribution < -0.4 is 5.32 Å². The van der Waals surface area contributed by atoms with Crippen molar-refractivity contribution in [1.29, 1.82) is 0 Å².